The van der Waals surface area contributed by atoms with Crippen molar-refractivity contribution in [2.24, 2.45) is 0 Å². The number of rotatable bonds is 3. The van der Waals surface area contributed by atoms with Crippen LogP contribution in [-0.4, -0.2) is 24.4 Å². The third kappa shape index (κ3) is 3.23. The van der Waals surface area contributed by atoms with Crippen molar-refractivity contribution >= 4 is 29.1 Å². The molecule has 0 saturated carbocycles. The number of hydrogen-bond acceptors (Lipinski definition) is 2. The van der Waals surface area contributed by atoms with Crippen LogP contribution in [0.1, 0.15) is 16.8 Å². The Labute approximate surface area is 142 Å². The van der Waals surface area contributed by atoms with E-state index in [1.54, 1.807) is 0 Å². The Hall–Kier alpha value is -2.47. The fourth-order valence-corrected chi connectivity index (χ4v) is 2.80. The van der Waals surface area contributed by atoms with Crippen LogP contribution in [0.5, 0.6) is 0 Å². The Kier molecular flexibility index (Phi) is 4.49. The van der Waals surface area contributed by atoms with Gasteiger partial charge >= 0.3 is 0 Å². The molecule has 124 valence electrons. The zero-order valence-corrected chi connectivity index (χ0v) is 13.2. The zero-order chi connectivity index (χ0) is 17.3. The number of anilines is 1. The lowest BCUT2D eigenvalue weighted by Gasteiger charge is -2.17. The molecule has 7 heteroatoms. The lowest BCUT2D eigenvalue weighted by Crippen LogP contribution is -2.41. The minimum atomic E-state index is -0.734. The summed E-state index contributed by atoms with van der Waals surface area (Å²) in [5, 5.41) is 2.68. The van der Waals surface area contributed by atoms with E-state index in [9.17, 15) is 18.4 Å². The van der Waals surface area contributed by atoms with Crippen molar-refractivity contribution in [3.63, 3.8) is 0 Å². The topological polar surface area (TPSA) is 49.4 Å². The van der Waals surface area contributed by atoms with Gasteiger partial charge in [-0.3, -0.25) is 9.59 Å². The normalized spacial score (nSPS) is 17.2. The SMILES string of the molecule is O=C(N[C@H]1CCN(c2ccc(F)cc2)C1=O)c1cc(F)ccc1Cl. The van der Waals surface area contributed by atoms with E-state index in [2.05, 4.69) is 5.32 Å². The predicted octanol–water partition coefficient (Wildman–Crippen LogP) is 3.15. The highest BCUT2D eigenvalue weighted by molar-refractivity contribution is 6.33. The van der Waals surface area contributed by atoms with Crippen LogP contribution in [0.15, 0.2) is 42.5 Å². The molecule has 1 aliphatic heterocycles. The first kappa shape index (κ1) is 16.4. The highest BCUT2D eigenvalue weighted by Gasteiger charge is 2.34. The van der Waals surface area contributed by atoms with Gasteiger partial charge in [0.2, 0.25) is 5.91 Å². The van der Waals surface area contributed by atoms with E-state index in [0.29, 0.717) is 18.7 Å². The van der Waals surface area contributed by atoms with Crippen molar-refractivity contribution < 1.29 is 18.4 Å². The molecule has 2 amide bonds. The largest absolute Gasteiger partial charge is 0.340 e. The van der Waals surface area contributed by atoms with E-state index in [1.165, 1.54) is 35.2 Å². The maximum absolute atomic E-state index is 13.3. The molecule has 0 aliphatic carbocycles. The van der Waals surface area contributed by atoms with E-state index in [4.69, 9.17) is 11.6 Å². The Morgan fingerprint density at radius 1 is 1.12 bits per heavy atom. The van der Waals surface area contributed by atoms with Crippen LogP contribution >= 0.6 is 11.6 Å². The van der Waals surface area contributed by atoms with Crippen LogP contribution in [0.2, 0.25) is 5.02 Å². The fraction of sp³-hybridized carbons (Fsp3) is 0.176. The van der Waals surface area contributed by atoms with E-state index in [0.717, 1.165) is 12.1 Å². The molecule has 1 heterocycles. The summed E-state index contributed by atoms with van der Waals surface area (Å²) in [6, 6.07) is 8.25. The Balaban J connectivity index is 1.72. The second kappa shape index (κ2) is 6.57. The van der Waals surface area contributed by atoms with Gasteiger partial charge in [-0.2, -0.15) is 0 Å². The number of halogens is 3. The summed E-state index contributed by atoms with van der Waals surface area (Å²) < 4.78 is 26.2. The quantitative estimate of drug-likeness (QED) is 0.924. The molecule has 0 radical (unpaired) electrons. The fourth-order valence-electron chi connectivity index (χ4n) is 2.60. The molecule has 3 rings (SSSR count). The summed E-state index contributed by atoms with van der Waals surface area (Å²) in [6.45, 7) is 0.395. The van der Waals surface area contributed by atoms with Crippen LogP contribution < -0.4 is 10.2 Å². The number of hydrogen-bond donors (Lipinski definition) is 1. The molecule has 1 saturated heterocycles. The maximum Gasteiger partial charge on any atom is 0.253 e. The van der Waals surface area contributed by atoms with Crippen molar-refractivity contribution in [2.75, 3.05) is 11.4 Å². The maximum atomic E-state index is 13.3. The average Bonchev–Trinajstić information content (AvgIpc) is 2.91. The number of benzene rings is 2. The van der Waals surface area contributed by atoms with Gasteiger partial charge in [-0.05, 0) is 48.9 Å². The van der Waals surface area contributed by atoms with Crippen LogP contribution in [0.4, 0.5) is 14.5 Å². The summed E-state index contributed by atoms with van der Waals surface area (Å²) in [5.41, 5.74) is 0.534. The Bertz CT molecular complexity index is 796. The van der Waals surface area contributed by atoms with Crippen molar-refractivity contribution in [2.45, 2.75) is 12.5 Å². The molecule has 0 spiro atoms. The van der Waals surface area contributed by atoms with Gasteiger partial charge in [-0.1, -0.05) is 11.6 Å². The highest BCUT2D eigenvalue weighted by Crippen LogP contribution is 2.23. The first-order valence-corrected chi connectivity index (χ1v) is 7.66. The van der Waals surface area contributed by atoms with Gasteiger partial charge in [-0.25, -0.2) is 8.78 Å². The molecule has 0 aromatic heterocycles. The zero-order valence-electron chi connectivity index (χ0n) is 12.4. The van der Waals surface area contributed by atoms with Gasteiger partial charge < -0.3 is 10.2 Å². The van der Waals surface area contributed by atoms with Crippen LogP contribution in [0.25, 0.3) is 0 Å². The molecule has 4 nitrogen and oxygen atoms in total. The van der Waals surface area contributed by atoms with E-state index < -0.39 is 23.6 Å². The third-order valence-electron chi connectivity index (χ3n) is 3.82. The number of carbonyl (C=O) groups excluding carboxylic acids is 2. The van der Waals surface area contributed by atoms with Crippen LogP contribution in [0, 0.1) is 11.6 Å². The van der Waals surface area contributed by atoms with Gasteiger partial charge in [0.25, 0.3) is 5.91 Å². The minimum Gasteiger partial charge on any atom is -0.340 e. The number of carbonyl (C=O) groups is 2. The van der Waals surface area contributed by atoms with E-state index >= 15 is 0 Å². The van der Waals surface area contributed by atoms with Crippen LogP contribution in [-0.2, 0) is 4.79 Å². The van der Waals surface area contributed by atoms with Gasteiger partial charge in [0.15, 0.2) is 0 Å². The van der Waals surface area contributed by atoms with Crippen molar-refractivity contribution in [3.05, 3.63) is 64.7 Å². The van der Waals surface area contributed by atoms with Gasteiger partial charge in [0.05, 0.1) is 10.6 Å². The smallest absolute Gasteiger partial charge is 0.253 e. The first-order valence-electron chi connectivity index (χ1n) is 7.28. The third-order valence-corrected chi connectivity index (χ3v) is 4.15. The van der Waals surface area contributed by atoms with Gasteiger partial charge in [0.1, 0.15) is 17.7 Å². The predicted molar refractivity (Wildman–Crippen MR) is 86.0 cm³/mol. The summed E-state index contributed by atoms with van der Waals surface area (Å²) in [6.07, 6.45) is 0.398. The second-order valence-electron chi connectivity index (χ2n) is 5.41. The molecule has 1 atom stereocenters. The molecular formula is C17H13ClF2N2O2. The molecule has 0 unspecified atom stereocenters. The summed E-state index contributed by atoms with van der Waals surface area (Å²) in [5.74, 6) is -1.90. The van der Waals surface area contributed by atoms with Crippen LogP contribution in [0.3, 0.4) is 0 Å². The Morgan fingerprint density at radius 3 is 2.50 bits per heavy atom. The van der Waals surface area contributed by atoms with Crippen molar-refractivity contribution in [1.29, 1.82) is 0 Å². The molecule has 0 bridgehead atoms. The number of nitrogens with zero attached hydrogens (tertiary/aromatic N) is 1. The molecule has 1 aliphatic rings. The van der Waals surface area contributed by atoms with Crippen molar-refractivity contribution in [3.8, 4) is 0 Å². The van der Waals surface area contributed by atoms with Gasteiger partial charge in [-0.15, -0.1) is 0 Å². The number of nitrogens with one attached hydrogen (secondary N) is 1. The average molecular weight is 351 g/mol. The Morgan fingerprint density at radius 2 is 1.79 bits per heavy atom. The summed E-state index contributed by atoms with van der Waals surface area (Å²) in [4.78, 5) is 26.1. The molecule has 2 aromatic carbocycles. The summed E-state index contributed by atoms with van der Waals surface area (Å²) >= 11 is 5.89. The van der Waals surface area contributed by atoms with Gasteiger partial charge in [0, 0.05) is 12.2 Å². The monoisotopic (exact) mass is 350 g/mol. The molecule has 1 N–H and O–H groups in total. The van der Waals surface area contributed by atoms with E-state index in [1.807, 2.05) is 0 Å². The first-order chi connectivity index (χ1) is 11.5. The van der Waals surface area contributed by atoms with Crippen molar-refractivity contribution in [1.82, 2.24) is 5.32 Å². The lowest BCUT2D eigenvalue weighted by molar-refractivity contribution is -0.118. The standard InChI is InChI=1S/C17H13ClF2N2O2/c18-14-6-3-11(20)9-13(14)16(23)21-15-7-8-22(17(15)24)12-4-1-10(19)2-5-12/h1-6,9,15H,7-8H2,(H,21,23)/t15-/m0/s1. The molecule has 2 aromatic rings. The minimum absolute atomic E-state index is 0.0234. The second-order valence-corrected chi connectivity index (χ2v) is 5.81. The lowest BCUT2D eigenvalue weighted by atomic mass is 10.1. The van der Waals surface area contributed by atoms with E-state index in [-0.39, 0.29) is 16.5 Å². The molecule has 1 fully saturated rings. The molecular weight excluding hydrogens is 338 g/mol. The highest BCUT2D eigenvalue weighted by atomic mass is 35.5. The number of amides is 2. The molecule has 24 heavy (non-hydrogen) atoms. The summed E-state index contributed by atoms with van der Waals surface area (Å²) in [7, 11) is 0.